The van der Waals surface area contributed by atoms with Crippen molar-refractivity contribution in [3.05, 3.63) is 121 Å². The standard InChI is InChI=1S/C25H38N2O4.C24H36N2O4.C23H34N2O4.C22H28N2O4/c1-3-4-13-25(21-7-5-6-8-21)30-19-24(31-25)18-29-23-11-9-22(10-12-23)27-16-14-26(15-17-27)20(2)28;1-3-24(20-7-5-4-6-8-20)29-18-23(30-24)17-28-22-11-9-21(10-12-22)26-15-13-25(14-16-26)19(2)27;1-18(26)24-12-14-25(15-13-24)20-8-10-21(11-9-20)27-16-22-17-28-23(2,29-22)19-6-4-3-5-7-19;1-17(25)23-11-13-24(14-12-23)19-7-9-20(10-8-19)26-15-21-16-27-22(2,28-21)18-5-3-4-6-18/h9-12,21,24H,3-8,13-19H2,1-2H3;9-12,20,23H,3-8,13-18H2,1-2H3;8-11,19,22H,3-7,12-17H2,1-2H3;3-5,7-10,21H,6,11-16H2,1-2H3. The van der Waals surface area contributed by atoms with Gasteiger partial charge in [-0.25, -0.2) is 0 Å². The fourth-order valence-corrected chi connectivity index (χ4v) is 19.0. The van der Waals surface area contributed by atoms with E-state index in [2.05, 4.69) is 101 Å². The molecule has 4 aromatic rings. The molecule has 4 aliphatic carbocycles. The maximum atomic E-state index is 11.5. The van der Waals surface area contributed by atoms with E-state index in [0.717, 1.165) is 165 Å². The molecule has 24 heteroatoms. The Morgan fingerprint density at radius 1 is 0.373 bits per heavy atom. The molecular formula is C94H136N8O16. The molecule has 8 atom stereocenters. The van der Waals surface area contributed by atoms with Crippen LogP contribution in [0.2, 0.25) is 0 Å². The van der Waals surface area contributed by atoms with E-state index in [1.165, 1.54) is 113 Å². The first kappa shape index (κ1) is 88.1. The first-order valence-corrected chi connectivity index (χ1v) is 44.8. The minimum absolute atomic E-state index is 0.00297. The minimum atomic E-state index is -0.636. The molecule has 0 bridgehead atoms. The highest BCUT2D eigenvalue weighted by Gasteiger charge is 2.50. The van der Waals surface area contributed by atoms with Crippen LogP contribution >= 0.6 is 0 Å². The summed E-state index contributed by atoms with van der Waals surface area (Å²) in [6, 6.07) is 32.9. The average Bonchev–Trinajstić information content (AvgIpc) is 1.64. The monoisotopic (exact) mass is 1630 g/mol. The lowest BCUT2D eigenvalue weighted by atomic mass is 9.82. The number of piperazine rings is 4. The second-order valence-corrected chi connectivity index (χ2v) is 34.4. The van der Waals surface area contributed by atoms with Gasteiger partial charge in [-0.05, 0) is 174 Å². The molecule has 8 saturated heterocycles. The van der Waals surface area contributed by atoms with E-state index in [0.29, 0.717) is 70.6 Å². The number of unbranched alkanes of at least 4 members (excludes halogenated alkanes) is 1. The van der Waals surface area contributed by atoms with Crippen molar-refractivity contribution in [2.75, 3.05) is 177 Å². The van der Waals surface area contributed by atoms with Crippen molar-refractivity contribution in [1.82, 2.24) is 19.6 Å². The van der Waals surface area contributed by atoms with Gasteiger partial charge in [-0.1, -0.05) is 89.9 Å². The van der Waals surface area contributed by atoms with Gasteiger partial charge in [0.2, 0.25) is 23.6 Å². The quantitative estimate of drug-likeness (QED) is 0.0639. The van der Waals surface area contributed by atoms with Crippen LogP contribution in [0.25, 0.3) is 0 Å². The van der Waals surface area contributed by atoms with E-state index >= 15 is 0 Å². The molecule has 4 aromatic carbocycles. The normalized spacial score (nSPS) is 27.7. The third-order valence-corrected chi connectivity index (χ3v) is 26.4. The van der Waals surface area contributed by atoms with Gasteiger partial charge in [0.05, 0.1) is 26.4 Å². The second-order valence-electron chi connectivity index (χ2n) is 34.4. The molecule has 3 saturated carbocycles. The molecular weight excluding hydrogens is 1500 g/mol. The van der Waals surface area contributed by atoms with Gasteiger partial charge < -0.3 is 96.0 Å². The highest BCUT2D eigenvalue weighted by molar-refractivity contribution is 5.75. The molecule has 4 amide bonds. The number of ether oxygens (including phenoxy) is 12. The molecule has 24 nitrogen and oxygen atoms in total. The molecule has 11 fully saturated rings. The summed E-state index contributed by atoms with van der Waals surface area (Å²) < 4.78 is 73.8. The number of hydrogen-bond acceptors (Lipinski definition) is 20. The van der Waals surface area contributed by atoms with Gasteiger partial charge >= 0.3 is 0 Å². The number of anilines is 4. The number of carbonyl (C=O) groups excluding carboxylic acids is 4. The fraction of sp³-hybridized carbons (Fsp3) is 0.660. The number of amides is 4. The van der Waals surface area contributed by atoms with Gasteiger partial charge in [0.25, 0.3) is 0 Å². The summed E-state index contributed by atoms with van der Waals surface area (Å²) in [6.45, 7) is 32.6. The first-order valence-electron chi connectivity index (χ1n) is 44.8. The molecule has 0 aromatic heterocycles. The molecule has 16 rings (SSSR count). The van der Waals surface area contributed by atoms with E-state index in [9.17, 15) is 19.2 Å². The Morgan fingerprint density at radius 2 is 0.686 bits per heavy atom. The van der Waals surface area contributed by atoms with Crippen LogP contribution in [-0.2, 0) is 57.1 Å². The van der Waals surface area contributed by atoms with Gasteiger partial charge in [0.1, 0.15) is 73.8 Å². The molecule has 0 radical (unpaired) electrons. The molecule has 8 aliphatic heterocycles. The van der Waals surface area contributed by atoms with Crippen molar-refractivity contribution in [2.45, 2.75) is 225 Å². The Balaban J connectivity index is 0.000000136. The number of allylic oxidation sites excluding steroid dienone is 3. The van der Waals surface area contributed by atoms with Crippen LogP contribution in [0.4, 0.5) is 22.7 Å². The highest BCUT2D eigenvalue weighted by Crippen LogP contribution is 2.46. The maximum absolute atomic E-state index is 11.5. The van der Waals surface area contributed by atoms with Crippen molar-refractivity contribution in [3.8, 4) is 23.0 Å². The smallest absolute Gasteiger partial charge is 0.219 e. The van der Waals surface area contributed by atoms with Crippen molar-refractivity contribution < 1.29 is 76.0 Å². The number of benzene rings is 4. The van der Waals surface area contributed by atoms with Crippen LogP contribution in [0, 0.1) is 17.8 Å². The van der Waals surface area contributed by atoms with Gasteiger partial charge in [-0.15, -0.1) is 0 Å². The topological polar surface area (TPSA) is 205 Å². The second kappa shape index (κ2) is 42.2. The molecule has 8 heterocycles. The van der Waals surface area contributed by atoms with E-state index < -0.39 is 17.4 Å². The summed E-state index contributed by atoms with van der Waals surface area (Å²) in [5.41, 5.74) is 5.84. The molecule has 118 heavy (non-hydrogen) atoms. The van der Waals surface area contributed by atoms with Gasteiger partial charge in [0, 0.05) is 179 Å². The zero-order valence-corrected chi connectivity index (χ0v) is 72.0. The first-order chi connectivity index (χ1) is 57.3. The van der Waals surface area contributed by atoms with Crippen LogP contribution in [-0.4, -0.2) is 248 Å². The fourth-order valence-electron chi connectivity index (χ4n) is 19.0. The highest BCUT2D eigenvalue weighted by atomic mass is 16.8. The number of nitrogens with zero attached hydrogens (tertiary/aromatic N) is 8. The van der Waals surface area contributed by atoms with Gasteiger partial charge in [-0.3, -0.25) is 19.2 Å². The van der Waals surface area contributed by atoms with E-state index in [1.807, 2.05) is 81.1 Å². The third-order valence-electron chi connectivity index (χ3n) is 26.4. The number of rotatable bonds is 24. The lowest BCUT2D eigenvalue weighted by Gasteiger charge is -2.37. The number of hydrogen-bond donors (Lipinski definition) is 0. The lowest BCUT2D eigenvalue weighted by Crippen LogP contribution is -2.48. The van der Waals surface area contributed by atoms with Crippen molar-refractivity contribution >= 4 is 46.4 Å². The summed E-state index contributed by atoms with van der Waals surface area (Å²) in [4.78, 5) is 62.8. The maximum Gasteiger partial charge on any atom is 0.219 e. The SMILES string of the molecule is CC(=O)N1CCN(c2ccc(OCC3COC(C)(C4=CC=CC4)O3)cc2)CC1.CC(=O)N1CCN(c2ccc(OCC3COC(C)(C4CCCCC4)O3)cc2)CC1.CCC1(C2CCCCC2)OCC(COc2ccc(N3CCN(C(C)=O)CC3)cc2)O1.CCCCC1(C2CCCC2)OCC(COc2ccc(N3CCN(C(C)=O)CC3)cc2)O1. The molecule has 0 N–H and O–H groups in total. The summed E-state index contributed by atoms with van der Waals surface area (Å²) >= 11 is 0. The lowest BCUT2D eigenvalue weighted by molar-refractivity contribution is -0.214. The van der Waals surface area contributed by atoms with Gasteiger partial charge in [0.15, 0.2) is 23.1 Å². The van der Waals surface area contributed by atoms with E-state index in [4.69, 9.17) is 56.8 Å². The van der Waals surface area contributed by atoms with E-state index in [-0.39, 0.29) is 53.8 Å². The zero-order chi connectivity index (χ0) is 82.5. The summed E-state index contributed by atoms with van der Waals surface area (Å²) in [5.74, 6) is 3.72. The van der Waals surface area contributed by atoms with Crippen LogP contribution < -0.4 is 38.5 Å². The summed E-state index contributed by atoms with van der Waals surface area (Å²) in [6.07, 6.45) is 28.9. The molecule has 12 aliphatic rings. The van der Waals surface area contributed by atoms with Crippen molar-refractivity contribution in [1.29, 1.82) is 0 Å². The Morgan fingerprint density at radius 3 is 1.03 bits per heavy atom. The van der Waals surface area contributed by atoms with Crippen LogP contribution in [0.5, 0.6) is 23.0 Å². The third kappa shape index (κ3) is 23.5. The van der Waals surface area contributed by atoms with Crippen LogP contribution in [0.3, 0.4) is 0 Å². The Bertz CT molecular complexity index is 3840. The van der Waals surface area contributed by atoms with Crippen LogP contribution in [0.1, 0.15) is 177 Å². The predicted molar refractivity (Wildman–Crippen MR) is 458 cm³/mol. The van der Waals surface area contributed by atoms with E-state index in [1.54, 1.807) is 27.7 Å². The minimum Gasteiger partial charge on any atom is -0.491 e. The zero-order valence-electron chi connectivity index (χ0n) is 72.0. The van der Waals surface area contributed by atoms with Gasteiger partial charge in [-0.2, -0.15) is 0 Å². The molecule has 8 unspecified atom stereocenters. The van der Waals surface area contributed by atoms with Crippen molar-refractivity contribution in [3.63, 3.8) is 0 Å². The molecule has 648 valence electrons. The average molecular weight is 1630 g/mol. The Labute approximate surface area is 702 Å². The Kier molecular flexibility index (Phi) is 31.5. The summed E-state index contributed by atoms with van der Waals surface area (Å²) in [7, 11) is 0. The van der Waals surface area contributed by atoms with Crippen LogP contribution in [0.15, 0.2) is 121 Å². The summed E-state index contributed by atoms with van der Waals surface area (Å²) in [5, 5.41) is 0. The number of carbonyl (C=O) groups is 4. The Hall–Kier alpha value is -7.68. The molecule has 0 spiro atoms. The predicted octanol–water partition coefficient (Wildman–Crippen LogP) is 14.3. The van der Waals surface area contributed by atoms with Crippen molar-refractivity contribution in [2.24, 2.45) is 17.8 Å². The largest absolute Gasteiger partial charge is 0.491 e.